The molecule has 2 amide bonds. The smallest absolute Gasteiger partial charge is 0.265 e. The fraction of sp³-hybridized carbons (Fsp3) is 0.261. The van der Waals surface area contributed by atoms with Crippen molar-refractivity contribution in [2.75, 3.05) is 23.9 Å². The third-order valence-electron chi connectivity index (χ3n) is 5.27. The van der Waals surface area contributed by atoms with Crippen molar-refractivity contribution >= 4 is 34.8 Å². The Hall–Kier alpha value is -3.52. The van der Waals surface area contributed by atoms with Gasteiger partial charge in [-0.1, -0.05) is 28.9 Å². The zero-order chi connectivity index (χ0) is 22.8. The molecule has 1 N–H and O–H groups in total. The molecule has 3 aromatic rings. The van der Waals surface area contributed by atoms with Gasteiger partial charge < -0.3 is 24.2 Å². The predicted octanol–water partition coefficient (Wildman–Crippen LogP) is 4.06. The Labute approximate surface area is 190 Å². The van der Waals surface area contributed by atoms with Crippen LogP contribution in [0.3, 0.4) is 0 Å². The van der Waals surface area contributed by atoms with E-state index >= 15 is 0 Å². The standard InChI is InChI=1S/C23H22ClN3O5/c1-13-17(14(2)32-26-13)8-22(28)25-18-9-21-19(10-20(18)30-3)27(23(29)12-31-21)11-15-4-6-16(24)7-5-15/h4-7,9-10H,8,11-12H2,1-3H3,(H,25,28). The Balaban J connectivity index is 1.59. The molecule has 0 atom stereocenters. The Morgan fingerprint density at radius 3 is 2.66 bits per heavy atom. The molecule has 0 saturated heterocycles. The topological polar surface area (TPSA) is 93.9 Å². The molecule has 1 aromatic heterocycles. The minimum atomic E-state index is -0.248. The third-order valence-corrected chi connectivity index (χ3v) is 5.52. The lowest BCUT2D eigenvalue weighted by molar-refractivity contribution is -0.121. The van der Waals surface area contributed by atoms with E-state index in [1.807, 2.05) is 12.1 Å². The summed E-state index contributed by atoms with van der Waals surface area (Å²) >= 11 is 5.96. The fourth-order valence-electron chi connectivity index (χ4n) is 3.55. The van der Waals surface area contributed by atoms with Gasteiger partial charge >= 0.3 is 0 Å². The van der Waals surface area contributed by atoms with Gasteiger partial charge in [0.25, 0.3) is 5.91 Å². The molecule has 0 aliphatic carbocycles. The van der Waals surface area contributed by atoms with E-state index in [0.717, 1.165) is 11.1 Å². The molecule has 9 heteroatoms. The number of anilines is 2. The van der Waals surface area contributed by atoms with Crippen LogP contribution in [0, 0.1) is 13.8 Å². The molecule has 1 aliphatic rings. The highest BCUT2D eigenvalue weighted by Crippen LogP contribution is 2.41. The first-order valence-corrected chi connectivity index (χ1v) is 10.3. The fourth-order valence-corrected chi connectivity index (χ4v) is 3.68. The van der Waals surface area contributed by atoms with E-state index in [2.05, 4.69) is 10.5 Å². The van der Waals surface area contributed by atoms with Crippen LogP contribution < -0.4 is 19.7 Å². The molecule has 2 aromatic carbocycles. The monoisotopic (exact) mass is 455 g/mol. The zero-order valence-corrected chi connectivity index (χ0v) is 18.7. The van der Waals surface area contributed by atoms with Crippen molar-refractivity contribution in [3.63, 3.8) is 0 Å². The van der Waals surface area contributed by atoms with Gasteiger partial charge in [0, 0.05) is 22.7 Å². The number of amides is 2. The molecule has 4 rings (SSSR count). The normalized spacial score (nSPS) is 12.9. The van der Waals surface area contributed by atoms with Crippen molar-refractivity contribution in [1.82, 2.24) is 5.16 Å². The number of aryl methyl sites for hydroxylation is 2. The number of nitrogens with zero attached hydrogens (tertiary/aromatic N) is 2. The first-order chi connectivity index (χ1) is 15.4. The average molecular weight is 456 g/mol. The van der Waals surface area contributed by atoms with Crippen LogP contribution in [0.1, 0.15) is 22.6 Å². The molecule has 0 saturated carbocycles. The molecule has 166 valence electrons. The van der Waals surface area contributed by atoms with Gasteiger partial charge in [-0.2, -0.15) is 0 Å². The number of carbonyl (C=O) groups is 2. The van der Waals surface area contributed by atoms with Gasteiger partial charge in [-0.15, -0.1) is 0 Å². The zero-order valence-electron chi connectivity index (χ0n) is 17.9. The highest BCUT2D eigenvalue weighted by atomic mass is 35.5. The van der Waals surface area contributed by atoms with Gasteiger partial charge in [0.15, 0.2) is 6.61 Å². The Morgan fingerprint density at radius 2 is 2.00 bits per heavy atom. The van der Waals surface area contributed by atoms with Crippen molar-refractivity contribution in [3.8, 4) is 11.5 Å². The van der Waals surface area contributed by atoms with Gasteiger partial charge in [-0.25, -0.2) is 0 Å². The number of ether oxygens (including phenoxy) is 2. The largest absolute Gasteiger partial charge is 0.494 e. The van der Waals surface area contributed by atoms with Crippen LogP contribution in [0.25, 0.3) is 0 Å². The van der Waals surface area contributed by atoms with Crippen molar-refractivity contribution in [2.45, 2.75) is 26.8 Å². The van der Waals surface area contributed by atoms with E-state index in [1.54, 1.807) is 43.0 Å². The van der Waals surface area contributed by atoms with Crippen molar-refractivity contribution in [2.24, 2.45) is 0 Å². The molecule has 2 heterocycles. The minimum Gasteiger partial charge on any atom is -0.494 e. The maximum absolute atomic E-state index is 12.7. The first kappa shape index (κ1) is 21.7. The molecule has 32 heavy (non-hydrogen) atoms. The third kappa shape index (κ3) is 4.40. The van der Waals surface area contributed by atoms with E-state index in [0.29, 0.717) is 45.9 Å². The number of nitrogens with one attached hydrogen (secondary N) is 1. The van der Waals surface area contributed by atoms with Crippen molar-refractivity contribution < 1.29 is 23.6 Å². The van der Waals surface area contributed by atoms with E-state index in [9.17, 15) is 9.59 Å². The summed E-state index contributed by atoms with van der Waals surface area (Å²) in [5, 5.41) is 7.36. The summed E-state index contributed by atoms with van der Waals surface area (Å²) in [4.78, 5) is 26.9. The van der Waals surface area contributed by atoms with Crippen LogP contribution in [0.4, 0.5) is 11.4 Å². The summed E-state index contributed by atoms with van der Waals surface area (Å²) in [6.07, 6.45) is 0.115. The maximum atomic E-state index is 12.7. The van der Waals surface area contributed by atoms with Crippen LogP contribution in [0.15, 0.2) is 40.9 Å². The number of benzene rings is 2. The second-order valence-corrected chi connectivity index (χ2v) is 7.88. The number of hydrogen-bond donors (Lipinski definition) is 1. The van der Waals surface area contributed by atoms with Crippen molar-refractivity contribution in [3.05, 3.63) is 64.0 Å². The van der Waals surface area contributed by atoms with Gasteiger partial charge in [0.05, 0.1) is 37.1 Å². The van der Waals surface area contributed by atoms with Gasteiger partial charge in [-0.3, -0.25) is 9.59 Å². The Kier molecular flexibility index (Phi) is 6.05. The number of methoxy groups -OCH3 is 1. The van der Waals surface area contributed by atoms with Crippen molar-refractivity contribution in [1.29, 1.82) is 0 Å². The predicted molar refractivity (Wildman–Crippen MR) is 119 cm³/mol. The molecule has 0 bridgehead atoms. The summed E-state index contributed by atoms with van der Waals surface area (Å²) in [6, 6.07) is 10.6. The SMILES string of the molecule is COc1cc2c(cc1NC(=O)Cc1c(C)noc1C)OCC(=O)N2Cc1ccc(Cl)cc1. The van der Waals surface area contributed by atoms with E-state index < -0.39 is 0 Å². The van der Waals surface area contributed by atoms with Gasteiger partial charge in [0.1, 0.15) is 17.3 Å². The average Bonchev–Trinajstić information content (AvgIpc) is 3.08. The van der Waals surface area contributed by atoms with Crippen LogP contribution in [-0.2, 0) is 22.6 Å². The highest BCUT2D eigenvalue weighted by molar-refractivity contribution is 6.30. The van der Waals surface area contributed by atoms with Crippen LogP contribution in [0.2, 0.25) is 5.02 Å². The molecule has 0 spiro atoms. The lowest BCUT2D eigenvalue weighted by Gasteiger charge is -2.30. The number of halogens is 1. The number of hydrogen-bond acceptors (Lipinski definition) is 6. The second kappa shape index (κ2) is 8.92. The summed E-state index contributed by atoms with van der Waals surface area (Å²) in [5.74, 6) is 1.07. The molecule has 8 nitrogen and oxygen atoms in total. The molecule has 1 aliphatic heterocycles. The second-order valence-electron chi connectivity index (χ2n) is 7.44. The highest BCUT2D eigenvalue weighted by Gasteiger charge is 2.28. The quantitative estimate of drug-likeness (QED) is 0.602. The van der Waals surface area contributed by atoms with Gasteiger partial charge in [0.2, 0.25) is 5.91 Å². The van der Waals surface area contributed by atoms with Crippen LogP contribution in [0.5, 0.6) is 11.5 Å². The van der Waals surface area contributed by atoms with E-state index in [-0.39, 0.29) is 24.8 Å². The summed E-state index contributed by atoms with van der Waals surface area (Å²) in [7, 11) is 1.50. The van der Waals surface area contributed by atoms with Gasteiger partial charge in [-0.05, 0) is 31.5 Å². The molecular formula is C23H22ClN3O5. The molecule has 0 unspecified atom stereocenters. The summed E-state index contributed by atoms with van der Waals surface area (Å²) < 4.78 is 16.3. The number of carbonyl (C=O) groups excluding carboxylic acids is 2. The Bertz CT molecular complexity index is 1150. The van der Waals surface area contributed by atoms with Crippen LogP contribution in [-0.4, -0.2) is 30.7 Å². The Morgan fingerprint density at radius 1 is 1.25 bits per heavy atom. The minimum absolute atomic E-state index is 0.0978. The summed E-state index contributed by atoms with van der Waals surface area (Å²) in [5.41, 5.74) is 3.36. The van der Waals surface area contributed by atoms with E-state index in [4.69, 9.17) is 25.6 Å². The number of rotatable bonds is 6. The maximum Gasteiger partial charge on any atom is 0.265 e. The first-order valence-electron chi connectivity index (χ1n) is 9.97. The lowest BCUT2D eigenvalue weighted by atomic mass is 10.1. The summed E-state index contributed by atoms with van der Waals surface area (Å²) in [6.45, 7) is 3.81. The van der Waals surface area contributed by atoms with E-state index in [1.165, 1.54) is 7.11 Å². The molecule has 0 radical (unpaired) electrons. The number of aromatic nitrogens is 1. The lowest BCUT2D eigenvalue weighted by Crippen LogP contribution is -2.38. The number of fused-ring (bicyclic) bond motifs is 1. The van der Waals surface area contributed by atoms with Crippen LogP contribution >= 0.6 is 11.6 Å². The molecular weight excluding hydrogens is 434 g/mol. The molecule has 0 fully saturated rings.